The van der Waals surface area contributed by atoms with Crippen molar-refractivity contribution in [2.75, 3.05) is 32.2 Å². The summed E-state index contributed by atoms with van der Waals surface area (Å²) in [4.78, 5) is 14.8. The maximum absolute atomic E-state index is 12.9. The number of urea groups is 1. The van der Waals surface area contributed by atoms with E-state index in [1.54, 1.807) is 13.4 Å². The van der Waals surface area contributed by atoms with Crippen LogP contribution in [0.1, 0.15) is 19.3 Å². The van der Waals surface area contributed by atoms with E-state index in [1.165, 1.54) is 0 Å². The third-order valence-electron chi connectivity index (χ3n) is 5.43. The summed E-state index contributed by atoms with van der Waals surface area (Å²) in [6.07, 6.45) is 5.14. The first-order valence-corrected chi connectivity index (χ1v) is 8.91. The molecule has 2 aliphatic rings. The summed E-state index contributed by atoms with van der Waals surface area (Å²) >= 11 is 0. The number of ether oxygens (including phenoxy) is 2. The number of hydrogen-bond acceptors (Lipinski definition) is 4. The highest BCUT2D eigenvalue weighted by Gasteiger charge is 2.40. The van der Waals surface area contributed by atoms with Crippen LogP contribution < -0.4 is 5.32 Å². The van der Waals surface area contributed by atoms with Gasteiger partial charge in [0.2, 0.25) is 0 Å². The van der Waals surface area contributed by atoms with Crippen LogP contribution in [0.25, 0.3) is 11.0 Å². The van der Waals surface area contributed by atoms with Gasteiger partial charge in [-0.3, -0.25) is 0 Å². The van der Waals surface area contributed by atoms with Crippen LogP contribution in [-0.2, 0) is 9.47 Å². The summed E-state index contributed by atoms with van der Waals surface area (Å²) in [6, 6.07) is 7.59. The van der Waals surface area contributed by atoms with Crippen LogP contribution in [-0.4, -0.2) is 49.9 Å². The average Bonchev–Trinajstić information content (AvgIpc) is 3.30. The van der Waals surface area contributed by atoms with E-state index in [0.717, 1.165) is 35.9 Å². The number of nitrogens with one attached hydrogen (secondary N) is 1. The summed E-state index contributed by atoms with van der Waals surface area (Å²) in [5, 5.41) is 4.03. The molecule has 2 heterocycles. The molecule has 2 fully saturated rings. The molecule has 134 valence electrons. The second-order valence-corrected chi connectivity index (χ2v) is 6.81. The minimum atomic E-state index is -0.0824. The van der Waals surface area contributed by atoms with Crippen LogP contribution in [0.4, 0.5) is 10.5 Å². The zero-order valence-electron chi connectivity index (χ0n) is 14.4. The molecule has 6 nitrogen and oxygen atoms in total. The summed E-state index contributed by atoms with van der Waals surface area (Å²) in [6.45, 7) is 1.76. The minimum absolute atomic E-state index is 0.0635. The van der Waals surface area contributed by atoms with E-state index < -0.39 is 0 Å². The average molecular weight is 344 g/mol. The van der Waals surface area contributed by atoms with Gasteiger partial charge in [-0.15, -0.1) is 0 Å². The smallest absolute Gasteiger partial charge is 0.322 e. The lowest BCUT2D eigenvalue weighted by atomic mass is 9.94. The first kappa shape index (κ1) is 16.4. The van der Waals surface area contributed by atoms with Gasteiger partial charge in [0.05, 0.1) is 31.6 Å². The molecule has 4 rings (SSSR count). The molecule has 2 aromatic rings. The van der Waals surface area contributed by atoms with Gasteiger partial charge in [0.25, 0.3) is 0 Å². The fourth-order valence-corrected chi connectivity index (χ4v) is 4.14. The van der Waals surface area contributed by atoms with E-state index >= 15 is 0 Å². The van der Waals surface area contributed by atoms with Crippen molar-refractivity contribution in [2.24, 2.45) is 5.92 Å². The van der Waals surface area contributed by atoms with Crippen molar-refractivity contribution in [1.82, 2.24) is 4.90 Å². The lowest BCUT2D eigenvalue weighted by Crippen LogP contribution is -2.55. The number of fused-ring (bicyclic) bond motifs is 1. The molecule has 3 atom stereocenters. The Hall–Kier alpha value is -2.05. The van der Waals surface area contributed by atoms with Crippen LogP contribution in [0.5, 0.6) is 0 Å². The predicted molar refractivity (Wildman–Crippen MR) is 94.7 cm³/mol. The molecule has 25 heavy (non-hydrogen) atoms. The molecule has 1 saturated heterocycles. The van der Waals surface area contributed by atoms with Gasteiger partial charge in [0.15, 0.2) is 0 Å². The maximum Gasteiger partial charge on any atom is 0.322 e. The van der Waals surface area contributed by atoms with Gasteiger partial charge < -0.3 is 24.1 Å². The molecule has 2 amide bonds. The molecule has 0 spiro atoms. The van der Waals surface area contributed by atoms with Crippen LogP contribution in [0.2, 0.25) is 0 Å². The van der Waals surface area contributed by atoms with Gasteiger partial charge in [-0.05, 0) is 31.0 Å². The lowest BCUT2D eigenvalue weighted by Gasteiger charge is -2.40. The number of amides is 2. The first-order valence-electron chi connectivity index (χ1n) is 8.91. The van der Waals surface area contributed by atoms with Gasteiger partial charge in [0.1, 0.15) is 5.58 Å². The second-order valence-electron chi connectivity index (χ2n) is 6.81. The van der Waals surface area contributed by atoms with E-state index in [-0.39, 0.29) is 18.2 Å². The van der Waals surface area contributed by atoms with Gasteiger partial charge in [-0.25, -0.2) is 4.79 Å². The van der Waals surface area contributed by atoms with Crippen molar-refractivity contribution >= 4 is 22.7 Å². The SMILES string of the molecule is CO[C@@H]1CCC[C@H]1[C@@H]1COCCN1C(=O)Nc1ccc2ccoc2c1. The molecule has 1 aromatic carbocycles. The molecule has 1 saturated carbocycles. The Morgan fingerprint density at radius 1 is 1.32 bits per heavy atom. The zero-order chi connectivity index (χ0) is 17.2. The number of benzene rings is 1. The van der Waals surface area contributed by atoms with Crippen LogP contribution in [0.3, 0.4) is 0 Å². The highest BCUT2D eigenvalue weighted by atomic mass is 16.5. The van der Waals surface area contributed by atoms with E-state index in [2.05, 4.69) is 5.32 Å². The summed E-state index contributed by atoms with van der Waals surface area (Å²) < 4.78 is 16.7. The van der Waals surface area contributed by atoms with Crippen LogP contribution in [0.15, 0.2) is 34.9 Å². The molecule has 1 aromatic heterocycles. The number of carbonyl (C=O) groups is 1. The van der Waals surface area contributed by atoms with Crippen molar-refractivity contribution in [3.8, 4) is 0 Å². The van der Waals surface area contributed by atoms with Gasteiger partial charge in [-0.1, -0.05) is 6.42 Å². The molecule has 6 heteroatoms. The Morgan fingerprint density at radius 2 is 2.24 bits per heavy atom. The number of hydrogen-bond donors (Lipinski definition) is 1. The summed E-state index contributed by atoms with van der Waals surface area (Å²) in [5.41, 5.74) is 1.51. The fourth-order valence-electron chi connectivity index (χ4n) is 4.14. The number of rotatable bonds is 3. The quantitative estimate of drug-likeness (QED) is 0.926. The Labute approximate surface area is 147 Å². The minimum Gasteiger partial charge on any atom is -0.464 e. The third-order valence-corrected chi connectivity index (χ3v) is 5.43. The number of anilines is 1. The second kappa shape index (κ2) is 7.06. The number of nitrogens with zero attached hydrogens (tertiary/aromatic N) is 1. The van der Waals surface area contributed by atoms with Gasteiger partial charge >= 0.3 is 6.03 Å². The first-order chi connectivity index (χ1) is 12.3. The highest BCUT2D eigenvalue weighted by molar-refractivity contribution is 5.92. The maximum atomic E-state index is 12.9. The monoisotopic (exact) mass is 344 g/mol. The number of furan rings is 1. The summed E-state index contributed by atoms with van der Waals surface area (Å²) in [5.74, 6) is 0.337. The number of carbonyl (C=O) groups excluding carboxylic acids is 1. The Kier molecular flexibility index (Phi) is 4.63. The molecule has 0 radical (unpaired) electrons. The Morgan fingerprint density at radius 3 is 3.12 bits per heavy atom. The molecular weight excluding hydrogens is 320 g/mol. The van der Waals surface area contributed by atoms with E-state index in [9.17, 15) is 4.79 Å². The standard InChI is InChI=1S/C19H24N2O4/c1-23-17-4-2-3-15(17)16-12-24-10-8-21(16)19(22)20-14-6-5-13-7-9-25-18(13)11-14/h5-7,9,11,15-17H,2-4,8,10,12H2,1H3,(H,20,22)/t15-,16-,17+/m0/s1. The van der Waals surface area contributed by atoms with Crippen molar-refractivity contribution in [2.45, 2.75) is 31.4 Å². The van der Waals surface area contributed by atoms with E-state index in [0.29, 0.717) is 25.7 Å². The summed E-state index contributed by atoms with van der Waals surface area (Å²) in [7, 11) is 1.76. The predicted octanol–water partition coefficient (Wildman–Crippen LogP) is 3.48. The van der Waals surface area contributed by atoms with Gasteiger partial charge in [0, 0.05) is 36.7 Å². The lowest BCUT2D eigenvalue weighted by molar-refractivity contribution is -0.0379. The van der Waals surface area contributed by atoms with Crippen LogP contribution >= 0.6 is 0 Å². The molecule has 0 bridgehead atoms. The van der Waals surface area contributed by atoms with Crippen molar-refractivity contribution in [3.05, 3.63) is 30.5 Å². The van der Waals surface area contributed by atoms with Crippen LogP contribution in [0, 0.1) is 5.92 Å². The molecular formula is C19H24N2O4. The topological polar surface area (TPSA) is 63.9 Å². The normalized spacial score (nSPS) is 26.9. The zero-order valence-corrected chi connectivity index (χ0v) is 14.4. The molecule has 1 aliphatic carbocycles. The Balaban J connectivity index is 1.50. The fraction of sp³-hybridized carbons (Fsp3) is 0.526. The van der Waals surface area contributed by atoms with E-state index in [1.807, 2.05) is 29.2 Å². The molecule has 1 N–H and O–H groups in total. The molecule has 1 aliphatic heterocycles. The largest absolute Gasteiger partial charge is 0.464 e. The van der Waals surface area contributed by atoms with Crippen molar-refractivity contribution in [3.63, 3.8) is 0 Å². The van der Waals surface area contributed by atoms with Gasteiger partial charge in [-0.2, -0.15) is 0 Å². The Bertz CT molecular complexity index is 744. The van der Waals surface area contributed by atoms with Crippen molar-refractivity contribution < 1.29 is 18.7 Å². The molecule has 0 unspecified atom stereocenters. The number of morpholine rings is 1. The third kappa shape index (κ3) is 3.24. The number of methoxy groups -OCH3 is 1. The van der Waals surface area contributed by atoms with E-state index in [4.69, 9.17) is 13.9 Å². The highest BCUT2D eigenvalue weighted by Crippen LogP contribution is 2.34. The van der Waals surface area contributed by atoms with Crippen molar-refractivity contribution in [1.29, 1.82) is 0 Å².